The number of benzene rings is 2. The molecule has 2 aromatic rings. The van der Waals surface area contributed by atoms with Crippen LogP contribution in [0.15, 0.2) is 42.5 Å². The molecule has 0 fully saturated rings. The molecule has 2 aromatic carbocycles. The van der Waals surface area contributed by atoms with E-state index in [1.807, 2.05) is 19.1 Å². The maximum absolute atomic E-state index is 11.9. The molecule has 20 heavy (non-hydrogen) atoms. The van der Waals surface area contributed by atoms with Gasteiger partial charge in [0.2, 0.25) is 0 Å². The van der Waals surface area contributed by atoms with Gasteiger partial charge in [0.1, 0.15) is 5.75 Å². The number of nitro groups is 1. The highest BCUT2D eigenvalue weighted by Crippen LogP contribution is 2.23. The van der Waals surface area contributed by atoms with E-state index in [9.17, 15) is 14.9 Å². The zero-order valence-electron chi connectivity index (χ0n) is 11.1. The van der Waals surface area contributed by atoms with Gasteiger partial charge in [0.05, 0.1) is 10.5 Å². The van der Waals surface area contributed by atoms with E-state index in [2.05, 4.69) is 0 Å². The number of rotatable bonds is 3. The van der Waals surface area contributed by atoms with E-state index in [1.165, 1.54) is 18.2 Å². The minimum Gasteiger partial charge on any atom is -0.423 e. The summed E-state index contributed by atoms with van der Waals surface area (Å²) in [7, 11) is 0. The largest absolute Gasteiger partial charge is 0.423 e. The molecule has 0 saturated carbocycles. The van der Waals surface area contributed by atoms with Gasteiger partial charge in [-0.1, -0.05) is 17.7 Å². The molecule has 0 aliphatic heterocycles. The van der Waals surface area contributed by atoms with Gasteiger partial charge in [-0.15, -0.1) is 0 Å². The van der Waals surface area contributed by atoms with Crippen molar-refractivity contribution >= 4 is 11.7 Å². The summed E-state index contributed by atoms with van der Waals surface area (Å²) in [6, 6.07) is 11.2. The summed E-state index contributed by atoms with van der Waals surface area (Å²) in [5.74, 6) is -0.197. The van der Waals surface area contributed by atoms with Crippen molar-refractivity contribution in [1.82, 2.24) is 0 Å². The summed E-state index contributed by atoms with van der Waals surface area (Å²) in [6.45, 7) is 3.52. The average Bonchev–Trinajstić information content (AvgIpc) is 2.39. The van der Waals surface area contributed by atoms with Crippen molar-refractivity contribution in [2.75, 3.05) is 0 Å². The predicted molar refractivity (Wildman–Crippen MR) is 74.0 cm³/mol. The molecule has 102 valence electrons. The quantitative estimate of drug-likeness (QED) is 0.371. The lowest BCUT2D eigenvalue weighted by atomic mass is 10.1. The van der Waals surface area contributed by atoms with Gasteiger partial charge in [0.15, 0.2) is 0 Å². The van der Waals surface area contributed by atoms with Gasteiger partial charge in [-0.3, -0.25) is 10.1 Å². The van der Waals surface area contributed by atoms with Gasteiger partial charge in [-0.05, 0) is 38.1 Å². The molecule has 0 bridgehead atoms. The second kappa shape index (κ2) is 5.52. The first kappa shape index (κ1) is 13.7. The molecule has 0 aliphatic carbocycles. The molecule has 0 aliphatic rings. The highest BCUT2D eigenvalue weighted by molar-refractivity contribution is 5.91. The lowest BCUT2D eigenvalue weighted by Crippen LogP contribution is -2.08. The van der Waals surface area contributed by atoms with Crippen LogP contribution >= 0.6 is 0 Å². The van der Waals surface area contributed by atoms with Crippen LogP contribution in [0, 0.1) is 24.0 Å². The number of hydrogen-bond donors (Lipinski definition) is 0. The molecule has 0 aromatic heterocycles. The molecule has 5 heteroatoms. The van der Waals surface area contributed by atoms with Crippen LogP contribution in [0.3, 0.4) is 0 Å². The van der Waals surface area contributed by atoms with Crippen molar-refractivity contribution in [1.29, 1.82) is 0 Å². The molecule has 2 rings (SSSR count). The number of carbonyl (C=O) groups excluding carboxylic acids is 1. The molecule has 0 saturated heterocycles. The Morgan fingerprint density at radius 3 is 2.30 bits per heavy atom. The molecular formula is C15H13NO4. The summed E-state index contributed by atoms with van der Waals surface area (Å²) in [5.41, 5.74) is 1.93. The third-order valence-electron chi connectivity index (χ3n) is 2.86. The van der Waals surface area contributed by atoms with E-state index >= 15 is 0 Å². The standard InChI is InChI=1S/C15H13NO4/c1-10-3-5-12(6-4-10)15(17)20-13-7-8-14(16(18)19)11(2)9-13/h3-9H,1-2H3. The fourth-order valence-electron chi connectivity index (χ4n) is 1.75. The number of nitrogens with zero attached hydrogens (tertiary/aromatic N) is 1. The summed E-state index contributed by atoms with van der Waals surface area (Å²) in [6.07, 6.45) is 0. The second-order valence-electron chi connectivity index (χ2n) is 4.46. The molecule has 0 radical (unpaired) electrons. The monoisotopic (exact) mass is 271 g/mol. The molecule has 0 N–H and O–H groups in total. The van der Waals surface area contributed by atoms with Crippen molar-refractivity contribution in [3.63, 3.8) is 0 Å². The van der Waals surface area contributed by atoms with Crippen molar-refractivity contribution in [2.45, 2.75) is 13.8 Å². The Morgan fingerprint density at radius 2 is 1.75 bits per heavy atom. The van der Waals surface area contributed by atoms with E-state index in [0.717, 1.165) is 5.56 Å². The van der Waals surface area contributed by atoms with Crippen molar-refractivity contribution < 1.29 is 14.5 Å². The SMILES string of the molecule is Cc1ccc(C(=O)Oc2ccc([N+](=O)[O-])c(C)c2)cc1. The smallest absolute Gasteiger partial charge is 0.343 e. The minimum absolute atomic E-state index is 0.000125. The predicted octanol–water partition coefficient (Wildman–Crippen LogP) is 3.43. The summed E-state index contributed by atoms with van der Waals surface area (Å²) in [4.78, 5) is 22.1. The second-order valence-corrected chi connectivity index (χ2v) is 4.46. The van der Waals surface area contributed by atoms with E-state index in [-0.39, 0.29) is 5.69 Å². The van der Waals surface area contributed by atoms with Gasteiger partial charge in [-0.2, -0.15) is 0 Å². The van der Waals surface area contributed by atoms with Gasteiger partial charge < -0.3 is 4.74 Å². The number of carbonyl (C=O) groups is 1. The summed E-state index contributed by atoms with van der Waals surface area (Å²) in [5, 5.41) is 10.7. The van der Waals surface area contributed by atoms with Crippen LogP contribution in [-0.4, -0.2) is 10.9 Å². The van der Waals surface area contributed by atoms with Crippen LogP contribution in [0.5, 0.6) is 5.75 Å². The fraction of sp³-hybridized carbons (Fsp3) is 0.133. The number of hydrogen-bond acceptors (Lipinski definition) is 4. The molecule has 0 heterocycles. The van der Waals surface area contributed by atoms with Crippen LogP contribution < -0.4 is 4.74 Å². The topological polar surface area (TPSA) is 69.4 Å². The maximum atomic E-state index is 11.9. The normalized spacial score (nSPS) is 10.1. The summed E-state index contributed by atoms with van der Waals surface area (Å²) >= 11 is 0. The molecule has 5 nitrogen and oxygen atoms in total. The van der Waals surface area contributed by atoms with Crippen LogP contribution in [0.4, 0.5) is 5.69 Å². The Bertz CT molecular complexity index is 662. The third-order valence-corrected chi connectivity index (χ3v) is 2.86. The first-order valence-corrected chi connectivity index (χ1v) is 6.01. The lowest BCUT2D eigenvalue weighted by Gasteiger charge is -2.05. The van der Waals surface area contributed by atoms with Gasteiger partial charge in [0, 0.05) is 11.6 Å². The number of ether oxygens (including phenoxy) is 1. The first-order chi connectivity index (χ1) is 9.47. The summed E-state index contributed by atoms with van der Waals surface area (Å²) < 4.78 is 5.19. The number of nitro benzene ring substituents is 1. The molecule has 0 unspecified atom stereocenters. The zero-order valence-corrected chi connectivity index (χ0v) is 11.1. The van der Waals surface area contributed by atoms with Crippen molar-refractivity contribution in [3.05, 3.63) is 69.3 Å². The molecule has 0 amide bonds. The van der Waals surface area contributed by atoms with Crippen molar-refractivity contribution in [2.24, 2.45) is 0 Å². The van der Waals surface area contributed by atoms with E-state index < -0.39 is 10.9 Å². The maximum Gasteiger partial charge on any atom is 0.343 e. The van der Waals surface area contributed by atoms with Gasteiger partial charge in [-0.25, -0.2) is 4.79 Å². The van der Waals surface area contributed by atoms with Crippen LogP contribution in [0.1, 0.15) is 21.5 Å². The van der Waals surface area contributed by atoms with Gasteiger partial charge >= 0.3 is 5.97 Å². The number of esters is 1. The molecule has 0 atom stereocenters. The Labute approximate surface area is 116 Å². The zero-order chi connectivity index (χ0) is 14.7. The van der Waals surface area contributed by atoms with Crippen LogP contribution in [0.25, 0.3) is 0 Å². The van der Waals surface area contributed by atoms with Crippen LogP contribution in [-0.2, 0) is 0 Å². The minimum atomic E-state index is -0.488. The Morgan fingerprint density at radius 1 is 1.10 bits per heavy atom. The first-order valence-electron chi connectivity index (χ1n) is 6.01. The van der Waals surface area contributed by atoms with Crippen LogP contribution in [0.2, 0.25) is 0 Å². The van der Waals surface area contributed by atoms with E-state index in [1.54, 1.807) is 19.1 Å². The Hall–Kier alpha value is -2.69. The van der Waals surface area contributed by atoms with Crippen molar-refractivity contribution in [3.8, 4) is 5.75 Å². The van der Waals surface area contributed by atoms with E-state index in [4.69, 9.17) is 4.74 Å². The lowest BCUT2D eigenvalue weighted by molar-refractivity contribution is -0.385. The highest BCUT2D eigenvalue weighted by atomic mass is 16.6. The highest BCUT2D eigenvalue weighted by Gasteiger charge is 2.13. The average molecular weight is 271 g/mol. The molecule has 0 spiro atoms. The van der Waals surface area contributed by atoms with E-state index in [0.29, 0.717) is 16.9 Å². The molecular weight excluding hydrogens is 258 g/mol. The fourth-order valence-corrected chi connectivity index (χ4v) is 1.75. The number of aryl methyl sites for hydroxylation is 2. The Kier molecular flexibility index (Phi) is 3.79. The Balaban J connectivity index is 2.18. The third kappa shape index (κ3) is 3.00. The van der Waals surface area contributed by atoms with Gasteiger partial charge in [0.25, 0.3) is 5.69 Å².